The number of hydrogen-bond acceptors (Lipinski definition) is 22. The zero-order valence-corrected chi connectivity index (χ0v) is 46.3. The summed E-state index contributed by atoms with van der Waals surface area (Å²) in [6.45, 7) is 14.7. The molecule has 1 aliphatic heterocycles. The fourth-order valence-electron chi connectivity index (χ4n) is 8.04. The van der Waals surface area contributed by atoms with Gasteiger partial charge in [-0.1, -0.05) is 62.8 Å². The summed E-state index contributed by atoms with van der Waals surface area (Å²) < 4.78 is 94.2. The number of fused-ring (bicyclic) bond motifs is 1. The maximum atomic E-state index is 15.0. The second-order valence-electron chi connectivity index (χ2n) is 18.0. The van der Waals surface area contributed by atoms with E-state index in [-0.39, 0.29) is 29.2 Å². The Balaban J connectivity index is 1.22. The molecule has 4 heterocycles. The molecule has 0 unspecified atom stereocenters. The van der Waals surface area contributed by atoms with E-state index in [1.807, 2.05) is 0 Å². The van der Waals surface area contributed by atoms with Crippen LogP contribution in [0.15, 0.2) is 123 Å². The Hall–Kier alpha value is -9.70. The van der Waals surface area contributed by atoms with Gasteiger partial charge in [-0.2, -0.15) is 0 Å². The van der Waals surface area contributed by atoms with Crippen LogP contribution in [0.3, 0.4) is 0 Å². The summed E-state index contributed by atoms with van der Waals surface area (Å²) >= 11 is 0. The minimum Gasteiger partial charge on any atom is -0.459 e. The lowest BCUT2D eigenvalue weighted by Gasteiger charge is -2.42. The number of nitrogens with zero attached hydrogens (tertiary/aromatic N) is 6. The van der Waals surface area contributed by atoms with Crippen molar-refractivity contribution < 1.29 is 93.9 Å². The van der Waals surface area contributed by atoms with Crippen LogP contribution in [-0.4, -0.2) is 165 Å². The first-order valence-corrected chi connectivity index (χ1v) is 26.7. The first-order chi connectivity index (χ1) is 39.5. The quantitative estimate of drug-likeness (QED) is 0.0197. The van der Waals surface area contributed by atoms with Crippen molar-refractivity contribution in [1.82, 2.24) is 24.3 Å². The van der Waals surface area contributed by atoms with Gasteiger partial charge >= 0.3 is 42.2 Å². The molecular formula is C55H57FN6O20S. The van der Waals surface area contributed by atoms with E-state index in [2.05, 4.69) is 36.3 Å². The lowest BCUT2D eigenvalue weighted by molar-refractivity contribution is -0.387. The Kier molecular flexibility index (Phi) is 21.2. The molecule has 83 heavy (non-hydrogen) atoms. The Labute approximate surface area is 474 Å². The van der Waals surface area contributed by atoms with Crippen molar-refractivity contribution in [3.8, 4) is 28.1 Å². The van der Waals surface area contributed by atoms with E-state index in [1.54, 1.807) is 38.1 Å². The highest BCUT2D eigenvalue weighted by Gasteiger charge is 2.57. The van der Waals surface area contributed by atoms with Gasteiger partial charge in [0.25, 0.3) is 0 Å². The minimum atomic E-state index is -3.58. The molecule has 1 aliphatic rings. The molecule has 26 nitrogen and oxygen atoms in total. The topological polar surface area (TPSA) is 309 Å². The highest BCUT2D eigenvalue weighted by molar-refractivity contribution is 7.90. The number of ether oxygens (including phenoxy) is 10. The maximum absolute atomic E-state index is 15.0. The van der Waals surface area contributed by atoms with Crippen molar-refractivity contribution in [3.05, 3.63) is 150 Å². The number of halogens is 1. The molecule has 1 fully saturated rings. The molecule has 0 N–H and O–H groups in total. The van der Waals surface area contributed by atoms with Crippen molar-refractivity contribution in [2.75, 3.05) is 59.9 Å². The number of pyridine rings is 2. The first kappa shape index (κ1) is 62.5. The molecule has 440 valence electrons. The van der Waals surface area contributed by atoms with Gasteiger partial charge in [-0.25, -0.2) is 46.6 Å². The van der Waals surface area contributed by atoms with E-state index in [0.717, 1.165) is 29.5 Å². The smallest absolute Gasteiger partial charge is 0.459 e. The largest absolute Gasteiger partial charge is 0.509 e. The van der Waals surface area contributed by atoms with Gasteiger partial charge < -0.3 is 57.2 Å². The van der Waals surface area contributed by atoms with Gasteiger partial charge in [-0.05, 0) is 66.4 Å². The second kappa shape index (κ2) is 28.1. The van der Waals surface area contributed by atoms with Gasteiger partial charge in [-0.15, -0.1) is 0 Å². The minimum absolute atomic E-state index is 0.0432. The fraction of sp³-hybridized carbons (Fsp3) is 0.309. The number of hydrogen-bond donors (Lipinski definition) is 0. The van der Waals surface area contributed by atoms with Crippen molar-refractivity contribution in [3.63, 3.8) is 0 Å². The van der Waals surface area contributed by atoms with Crippen LogP contribution in [0.1, 0.15) is 16.7 Å². The molecule has 0 saturated carbocycles. The van der Waals surface area contributed by atoms with Crippen LogP contribution in [0.25, 0.3) is 33.3 Å². The number of carbonyl (C=O) groups excluding carboxylic acids is 6. The maximum Gasteiger partial charge on any atom is 0.509 e. The molecule has 1 saturated heterocycles. The van der Waals surface area contributed by atoms with Crippen molar-refractivity contribution in [2.24, 2.45) is 0 Å². The van der Waals surface area contributed by atoms with Gasteiger partial charge in [0, 0.05) is 68.4 Å². The third kappa shape index (κ3) is 15.6. The highest BCUT2D eigenvalue weighted by Crippen LogP contribution is 2.37. The summed E-state index contributed by atoms with van der Waals surface area (Å²) in [4.78, 5) is 103. The first-order valence-electron chi connectivity index (χ1n) is 24.8. The Morgan fingerprint density at radius 3 is 1.96 bits per heavy atom. The number of esters is 1. The summed E-state index contributed by atoms with van der Waals surface area (Å²) in [6, 6.07) is 11.1. The summed E-state index contributed by atoms with van der Waals surface area (Å²) in [6.07, 6.45) is -6.21. The lowest BCUT2D eigenvalue weighted by Crippen LogP contribution is -2.64. The zero-order valence-electron chi connectivity index (χ0n) is 45.5. The van der Waals surface area contributed by atoms with E-state index in [0.29, 0.717) is 38.9 Å². The third-order valence-corrected chi connectivity index (χ3v) is 13.1. The van der Waals surface area contributed by atoms with Gasteiger partial charge in [-0.3, -0.25) is 19.7 Å². The van der Waals surface area contributed by atoms with Crippen molar-refractivity contribution >= 4 is 63.0 Å². The average molecular weight is 1170 g/mol. The Morgan fingerprint density at radius 2 is 1.36 bits per heavy atom. The number of aryl methyl sites for hydroxylation is 1. The van der Waals surface area contributed by atoms with Crippen LogP contribution >= 0.6 is 0 Å². The number of rotatable bonds is 23. The summed E-state index contributed by atoms with van der Waals surface area (Å²) in [5, 5.41) is 13.1. The summed E-state index contributed by atoms with van der Waals surface area (Å²) in [5.41, 5.74) is 2.45. The molecular weight excluding hydrogens is 1120 g/mol. The van der Waals surface area contributed by atoms with E-state index in [4.69, 9.17) is 47.4 Å². The molecule has 5 aromatic rings. The number of aromatic nitrogens is 3. The predicted octanol–water partition coefficient (Wildman–Crippen LogP) is 7.96. The van der Waals surface area contributed by atoms with E-state index in [1.165, 1.54) is 72.4 Å². The van der Waals surface area contributed by atoms with Gasteiger partial charge in [0.1, 0.15) is 38.9 Å². The molecule has 5 atom stereocenters. The number of amides is 2. The predicted molar refractivity (Wildman–Crippen MR) is 290 cm³/mol. The number of nitro groups is 1. The SMILES string of the molecule is C=CCOC(=O)O[C@@H]1[C@@H](OC(=O)OCC=C)[C@H](Oc2ccc(COC(=O)N(C)CCN(C)C(=O)n3c(-c4cncc(F)c4C)cc4cc(-c5cnc(S(C)(=O)=O)cc5C)ccc43)cc2[N+](=O)[O-])O[C@H](C(=O)OCC=C)[C@H]1OC(=O)OCC=C. The van der Waals surface area contributed by atoms with Crippen molar-refractivity contribution in [2.45, 2.75) is 56.2 Å². The van der Waals surface area contributed by atoms with Crippen LogP contribution in [0.4, 0.5) is 34.1 Å². The van der Waals surface area contributed by atoms with Gasteiger partial charge in [0.05, 0.1) is 22.3 Å². The number of benzene rings is 2. The molecule has 0 radical (unpaired) electrons. The number of nitro benzene ring substituents is 1. The molecule has 0 bridgehead atoms. The molecule has 6 rings (SSSR count). The van der Waals surface area contributed by atoms with E-state index in [9.17, 15) is 51.7 Å². The van der Waals surface area contributed by atoms with Crippen LogP contribution < -0.4 is 4.74 Å². The number of sulfone groups is 1. The number of carbonyl (C=O) groups is 6. The van der Waals surface area contributed by atoms with Crippen LogP contribution in [-0.2, 0) is 63.9 Å². The monoisotopic (exact) mass is 1170 g/mol. The number of likely N-dealkylation sites (N-methyl/N-ethyl adjacent to an activating group) is 2. The average Bonchev–Trinajstić information content (AvgIpc) is 2.54. The summed E-state index contributed by atoms with van der Waals surface area (Å²) in [7, 11) is -0.712. The van der Waals surface area contributed by atoms with Gasteiger partial charge in [0.15, 0.2) is 38.9 Å². The molecule has 2 aromatic carbocycles. The lowest BCUT2D eigenvalue weighted by atomic mass is 9.98. The van der Waals surface area contributed by atoms with Crippen LogP contribution in [0.5, 0.6) is 5.75 Å². The normalized spacial score (nSPS) is 16.4. The fourth-order valence-corrected chi connectivity index (χ4v) is 8.67. The van der Waals surface area contributed by atoms with Gasteiger partial charge in [0.2, 0.25) is 12.4 Å². The molecule has 2 amide bonds. The Morgan fingerprint density at radius 1 is 0.759 bits per heavy atom. The molecule has 0 aliphatic carbocycles. The second-order valence-corrected chi connectivity index (χ2v) is 20.0. The molecule has 0 spiro atoms. The summed E-state index contributed by atoms with van der Waals surface area (Å²) in [5.74, 6) is -2.50. The molecule has 3 aromatic heterocycles. The van der Waals surface area contributed by atoms with Crippen molar-refractivity contribution in [1.29, 1.82) is 0 Å². The zero-order chi connectivity index (χ0) is 60.7. The van der Waals surface area contributed by atoms with Crippen LogP contribution in [0.2, 0.25) is 0 Å². The highest BCUT2D eigenvalue weighted by atomic mass is 32.2. The van der Waals surface area contributed by atoms with Crippen LogP contribution in [0, 0.1) is 29.8 Å². The standard InChI is InChI=1S/C55H57FN6O20S/c1-10-20-73-49(63)47-45(80-53(66)74-21-11-2)46(81-54(67)75-22-12-3)48(82-55(68)76-23-13-4)50(79-47)78-43-17-14-34(25-42(43)62(69)70)31-77-52(65)60(8)19-18-59(7)51(64)61-40-16-15-35(37-29-58-44(24-32(37)5)83(9,71)72)26-36(40)27-41(61)38-28-57-30-39(56)33(38)6/h10-17,24-30,45-48,50H,1-4,18-23,31H2,5-9H3/t45-,46-,47-,48+,50+/m0/s1. The third-order valence-electron chi connectivity index (χ3n) is 12.2. The Bertz CT molecular complexity index is 3440. The molecule has 28 heteroatoms. The van der Waals surface area contributed by atoms with E-state index < -0.39 is 132 Å². The van der Waals surface area contributed by atoms with E-state index >= 15 is 0 Å².